The summed E-state index contributed by atoms with van der Waals surface area (Å²) in [4.78, 5) is 27.2. The van der Waals surface area contributed by atoms with Gasteiger partial charge in [0.05, 0.1) is 0 Å². The second-order valence-electron chi connectivity index (χ2n) is 7.18. The number of alkyl carbamates (subject to hydrolysis) is 1. The van der Waals surface area contributed by atoms with Gasteiger partial charge in [0.25, 0.3) is 5.91 Å². The number of primary amides is 1. The quantitative estimate of drug-likeness (QED) is 0.496. The van der Waals surface area contributed by atoms with Crippen LogP contribution in [0.15, 0.2) is 55.0 Å². The molecule has 0 aliphatic carbocycles. The lowest BCUT2D eigenvalue weighted by atomic mass is 10.1. The second-order valence-corrected chi connectivity index (χ2v) is 7.18. The molecule has 1 aromatic rings. The second kappa shape index (κ2) is 10.9. The molecule has 0 spiro atoms. The molecule has 1 atom stereocenters. The van der Waals surface area contributed by atoms with Crippen molar-refractivity contribution in [2.45, 2.75) is 39.7 Å². The van der Waals surface area contributed by atoms with Crippen LogP contribution >= 0.6 is 0 Å². The van der Waals surface area contributed by atoms with Crippen LogP contribution in [0.4, 0.5) is 4.79 Å². The Morgan fingerprint density at radius 2 is 2.11 bits per heavy atom. The van der Waals surface area contributed by atoms with E-state index in [1.54, 1.807) is 30.4 Å². The third kappa shape index (κ3) is 9.02. The van der Waals surface area contributed by atoms with Gasteiger partial charge < -0.3 is 20.5 Å². The number of hydrogen-bond donors (Lipinski definition) is 2. The molecule has 2 amide bonds. The molecular formula is C21H29N3O4. The molecule has 0 saturated heterocycles. The van der Waals surface area contributed by atoms with Crippen molar-refractivity contribution < 1.29 is 19.1 Å². The number of carbonyl (C=O) groups is 2. The third-order valence-electron chi connectivity index (χ3n) is 3.39. The molecule has 28 heavy (non-hydrogen) atoms. The van der Waals surface area contributed by atoms with E-state index in [2.05, 4.69) is 16.9 Å². The minimum atomic E-state index is -0.619. The van der Waals surface area contributed by atoms with Gasteiger partial charge in [-0.15, -0.1) is 0 Å². The van der Waals surface area contributed by atoms with Crippen molar-refractivity contribution in [3.8, 4) is 5.88 Å². The van der Waals surface area contributed by atoms with Gasteiger partial charge in [-0.3, -0.25) is 4.79 Å². The Labute approximate surface area is 166 Å². The first kappa shape index (κ1) is 23.0. The van der Waals surface area contributed by atoms with Gasteiger partial charge in [0.15, 0.2) is 0 Å². The van der Waals surface area contributed by atoms with Crippen LogP contribution in [-0.2, 0) is 4.74 Å². The van der Waals surface area contributed by atoms with E-state index in [0.717, 1.165) is 0 Å². The van der Waals surface area contributed by atoms with Gasteiger partial charge >= 0.3 is 6.09 Å². The number of amides is 2. The largest absolute Gasteiger partial charge is 0.444 e. The summed E-state index contributed by atoms with van der Waals surface area (Å²) in [5.74, 6) is 0.132. The van der Waals surface area contributed by atoms with Crippen LogP contribution in [0.25, 0.3) is 0 Å². The summed E-state index contributed by atoms with van der Waals surface area (Å²) in [5.41, 5.74) is 5.02. The van der Waals surface area contributed by atoms with E-state index >= 15 is 0 Å². The van der Waals surface area contributed by atoms with Gasteiger partial charge in [-0.25, -0.2) is 9.78 Å². The number of allylic oxidation sites excluding steroid dienone is 4. The van der Waals surface area contributed by atoms with Crippen molar-refractivity contribution in [2.75, 3.05) is 6.54 Å². The Morgan fingerprint density at radius 1 is 1.39 bits per heavy atom. The average molecular weight is 387 g/mol. The molecule has 0 saturated carbocycles. The Hall–Kier alpha value is -3.09. The van der Waals surface area contributed by atoms with Crippen LogP contribution in [0.2, 0.25) is 0 Å². The van der Waals surface area contributed by atoms with Crippen molar-refractivity contribution in [3.05, 3.63) is 60.5 Å². The standard InChI is InChI=1S/C21H29N3O4/c1-6-8-16(27-19-17(18(22)25)9-7-13-23-19)11-10-15(2)12-14-24-20(26)28-21(3,4)5/h6-11,13,15H,1,12,14H2,2-5H3,(H2,22,25)(H,24,26)/b11-10-,16-8+. The lowest BCUT2D eigenvalue weighted by molar-refractivity contribution is 0.0526. The number of hydrogen-bond acceptors (Lipinski definition) is 5. The number of nitrogens with two attached hydrogens (primary N) is 1. The van der Waals surface area contributed by atoms with E-state index in [0.29, 0.717) is 18.7 Å². The molecule has 0 bridgehead atoms. The fraction of sp³-hybridized carbons (Fsp3) is 0.381. The number of pyridine rings is 1. The molecule has 7 heteroatoms. The molecule has 1 aromatic heterocycles. The number of carbonyl (C=O) groups excluding carboxylic acids is 2. The van der Waals surface area contributed by atoms with Crippen LogP contribution in [0, 0.1) is 5.92 Å². The Balaban J connectivity index is 2.63. The number of ether oxygens (including phenoxy) is 2. The van der Waals surface area contributed by atoms with E-state index in [-0.39, 0.29) is 17.4 Å². The summed E-state index contributed by atoms with van der Waals surface area (Å²) in [5, 5.41) is 2.72. The minimum Gasteiger partial charge on any atom is -0.444 e. The first-order valence-corrected chi connectivity index (χ1v) is 9.03. The first-order chi connectivity index (χ1) is 13.1. The van der Waals surface area contributed by atoms with Gasteiger partial charge in [-0.1, -0.05) is 25.7 Å². The molecule has 0 aliphatic heterocycles. The van der Waals surface area contributed by atoms with Crippen LogP contribution < -0.4 is 15.8 Å². The Morgan fingerprint density at radius 3 is 2.71 bits per heavy atom. The molecule has 1 heterocycles. The molecule has 0 fully saturated rings. The summed E-state index contributed by atoms with van der Waals surface area (Å²) in [6.07, 6.45) is 8.71. The van der Waals surface area contributed by atoms with Gasteiger partial charge in [-0.2, -0.15) is 0 Å². The molecule has 3 N–H and O–H groups in total. The third-order valence-corrected chi connectivity index (χ3v) is 3.39. The Kier molecular flexibility index (Phi) is 8.95. The molecule has 1 unspecified atom stereocenters. The lowest BCUT2D eigenvalue weighted by Crippen LogP contribution is -2.33. The zero-order chi connectivity index (χ0) is 21.2. The zero-order valence-corrected chi connectivity index (χ0v) is 16.9. The maximum atomic E-state index is 11.6. The smallest absolute Gasteiger partial charge is 0.407 e. The monoisotopic (exact) mass is 387 g/mol. The van der Waals surface area contributed by atoms with E-state index in [1.807, 2.05) is 33.8 Å². The van der Waals surface area contributed by atoms with Crippen LogP contribution in [0.3, 0.4) is 0 Å². The van der Waals surface area contributed by atoms with E-state index < -0.39 is 17.6 Å². The minimum absolute atomic E-state index is 0.131. The maximum Gasteiger partial charge on any atom is 0.407 e. The highest BCUT2D eigenvalue weighted by atomic mass is 16.6. The number of aromatic nitrogens is 1. The summed E-state index contributed by atoms with van der Waals surface area (Å²) < 4.78 is 10.9. The fourth-order valence-corrected chi connectivity index (χ4v) is 2.08. The lowest BCUT2D eigenvalue weighted by Gasteiger charge is -2.19. The summed E-state index contributed by atoms with van der Waals surface area (Å²) in [6, 6.07) is 3.16. The molecular weight excluding hydrogens is 358 g/mol. The van der Waals surface area contributed by atoms with Crippen LogP contribution in [-0.4, -0.2) is 29.1 Å². The van der Waals surface area contributed by atoms with Crippen molar-refractivity contribution >= 4 is 12.0 Å². The van der Waals surface area contributed by atoms with E-state index in [9.17, 15) is 9.59 Å². The molecule has 0 aliphatic rings. The molecule has 0 radical (unpaired) electrons. The van der Waals surface area contributed by atoms with Crippen molar-refractivity contribution in [1.29, 1.82) is 0 Å². The predicted molar refractivity (Wildman–Crippen MR) is 109 cm³/mol. The highest BCUT2D eigenvalue weighted by Gasteiger charge is 2.15. The SMILES string of the molecule is C=C/C=C(\C=C/C(C)CCNC(=O)OC(C)(C)C)Oc1ncccc1C(N)=O. The van der Waals surface area contributed by atoms with Crippen LogP contribution in [0.1, 0.15) is 44.5 Å². The summed E-state index contributed by atoms with van der Waals surface area (Å²) in [6.45, 7) is 11.6. The Bertz CT molecular complexity index is 748. The highest BCUT2D eigenvalue weighted by molar-refractivity contribution is 5.95. The summed E-state index contributed by atoms with van der Waals surface area (Å²) in [7, 11) is 0. The first-order valence-electron chi connectivity index (χ1n) is 9.03. The zero-order valence-electron chi connectivity index (χ0n) is 16.9. The van der Waals surface area contributed by atoms with Gasteiger partial charge in [0.2, 0.25) is 5.88 Å². The summed E-state index contributed by atoms with van der Waals surface area (Å²) >= 11 is 0. The van der Waals surface area contributed by atoms with E-state index in [1.165, 1.54) is 6.20 Å². The van der Waals surface area contributed by atoms with Gasteiger partial charge in [0, 0.05) is 12.7 Å². The molecule has 1 rings (SSSR count). The fourth-order valence-electron chi connectivity index (χ4n) is 2.08. The van der Waals surface area contributed by atoms with Crippen molar-refractivity contribution in [1.82, 2.24) is 10.3 Å². The molecule has 0 aromatic carbocycles. The molecule has 152 valence electrons. The van der Waals surface area contributed by atoms with E-state index in [4.69, 9.17) is 15.2 Å². The van der Waals surface area contributed by atoms with Crippen LogP contribution in [0.5, 0.6) is 5.88 Å². The van der Waals surface area contributed by atoms with Gasteiger partial charge in [0.1, 0.15) is 16.9 Å². The van der Waals surface area contributed by atoms with Crippen molar-refractivity contribution in [2.24, 2.45) is 11.7 Å². The molecule has 7 nitrogen and oxygen atoms in total. The van der Waals surface area contributed by atoms with Gasteiger partial charge in [-0.05, 0) is 57.4 Å². The highest BCUT2D eigenvalue weighted by Crippen LogP contribution is 2.18. The number of nitrogens with one attached hydrogen (secondary N) is 1. The maximum absolute atomic E-state index is 11.6. The van der Waals surface area contributed by atoms with Crippen molar-refractivity contribution in [3.63, 3.8) is 0 Å². The predicted octanol–water partition coefficient (Wildman–Crippen LogP) is 3.74. The average Bonchev–Trinajstić information content (AvgIpc) is 2.58. The normalized spacial score (nSPS) is 13.1. The topological polar surface area (TPSA) is 104 Å². The number of rotatable bonds is 9. The number of nitrogens with zero attached hydrogens (tertiary/aromatic N) is 1.